The molecule has 1 aliphatic rings. The monoisotopic (exact) mass is 262 g/mol. The fourth-order valence-corrected chi connectivity index (χ4v) is 2.11. The second-order valence-corrected chi connectivity index (χ2v) is 4.51. The normalized spacial score (nSPS) is 20.5. The van der Waals surface area contributed by atoms with Crippen LogP contribution in [0.3, 0.4) is 0 Å². The fourth-order valence-electron chi connectivity index (χ4n) is 2.11. The summed E-state index contributed by atoms with van der Waals surface area (Å²) in [6.45, 7) is 0. The predicted molar refractivity (Wildman–Crippen MR) is 70.9 cm³/mol. The molecule has 0 saturated heterocycles. The third kappa shape index (κ3) is 3.64. The molecule has 0 amide bonds. The van der Waals surface area contributed by atoms with Gasteiger partial charge in [0.1, 0.15) is 6.23 Å². The van der Waals surface area contributed by atoms with Crippen molar-refractivity contribution in [2.45, 2.75) is 31.5 Å². The smallest absolute Gasteiger partial charge is 0.356 e. The van der Waals surface area contributed by atoms with Crippen molar-refractivity contribution in [2.75, 3.05) is 0 Å². The quantitative estimate of drug-likeness (QED) is 0.430. The van der Waals surface area contributed by atoms with Gasteiger partial charge in [0.2, 0.25) is 0 Å². The summed E-state index contributed by atoms with van der Waals surface area (Å²) in [7, 11) is 0. The average molecular weight is 262 g/mol. The molecule has 19 heavy (non-hydrogen) atoms. The van der Waals surface area contributed by atoms with E-state index < -0.39 is 12.2 Å². The topological polar surface area (TPSA) is 84.6 Å². The van der Waals surface area contributed by atoms with Crippen LogP contribution in [0, 0.1) is 0 Å². The minimum atomic E-state index is -1.02. The largest absolute Gasteiger partial charge is 0.375 e. The Hall–Kier alpha value is -1.69. The van der Waals surface area contributed by atoms with E-state index in [0.29, 0.717) is 11.1 Å². The summed E-state index contributed by atoms with van der Waals surface area (Å²) in [6.07, 6.45) is 3.50. The zero-order chi connectivity index (χ0) is 13.7. The predicted octanol–water partition coefficient (Wildman–Crippen LogP) is 1.10. The highest BCUT2D eigenvalue weighted by Gasteiger charge is 2.22. The molecular weight excluding hydrogens is 244 g/mol. The summed E-state index contributed by atoms with van der Waals surface area (Å²) in [5, 5.41) is 9.46. The number of aliphatic hydroxyl groups excluding tert-OH is 1. The van der Waals surface area contributed by atoms with Crippen LogP contribution in [0.1, 0.15) is 29.6 Å². The third-order valence-electron chi connectivity index (χ3n) is 3.12. The van der Waals surface area contributed by atoms with Gasteiger partial charge in [0.15, 0.2) is 0 Å². The SMILES string of the molecule is NC(O)C1=CCCC[C@@H]1NOC(=O)c1ccccc1. The minimum Gasteiger partial charge on any atom is -0.375 e. The van der Waals surface area contributed by atoms with Gasteiger partial charge in [-0.3, -0.25) is 0 Å². The van der Waals surface area contributed by atoms with Gasteiger partial charge in [-0.25, -0.2) is 4.79 Å². The van der Waals surface area contributed by atoms with Gasteiger partial charge in [-0.1, -0.05) is 24.3 Å². The molecule has 0 bridgehead atoms. The Morgan fingerprint density at radius 2 is 2.16 bits per heavy atom. The number of aliphatic hydroxyl groups is 1. The summed E-state index contributed by atoms with van der Waals surface area (Å²) >= 11 is 0. The standard InChI is InChI=1S/C14H18N2O3/c15-13(17)11-8-4-5-9-12(11)16-19-14(18)10-6-2-1-3-7-10/h1-3,6-8,12-13,16-17H,4-5,9,15H2/t12-,13?/m0/s1. The zero-order valence-corrected chi connectivity index (χ0v) is 10.6. The molecule has 0 aliphatic heterocycles. The van der Waals surface area contributed by atoms with E-state index in [9.17, 15) is 9.90 Å². The Labute approximate surface area is 112 Å². The van der Waals surface area contributed by atoms with Crippen LogP contribution in [0.2, 0.25) is 0 Å². The number of hydrogen-bond donors (Lipinski definition) is 3. The molecular formula is C14H18N2O3. The number of nitrogens with one attached hydrogen (secondary N) is 1. The van der Waals surface area contributed by atoms with Gasteiger partial charge in [0.05, 0.1) is 11.6 Å². The van der Waals surface area contributed by atoms with E-state index in [2.05, 4.69) is 5.48 Å². The van der Waals surface area contributed by atoms with Crippen molar-refractivity contribution in [3.05, 3.63) is 47.5 Å². The number of nitrogens with two attached hydrogens (primary N) is 1. The summed E-state index contributed by atoms with van der Waals surface area (Å²) in [4.78, 5) is 16.8. The first-order valence-electron chi connectivity index (χ1n) is 6.34. The number of rotatable bonds is 4. The van der Waals surface area contributed by atoms with Gasteiger partial charge in [0.25, 0.3) is 0 Å². The van der Waals surface area contributed by atoms with Gasteiger partial charge in [0, 0.05) is 0 Å². The van der Waals surface area contributed by atoms with Crippen LogP contribution in [0.15, 0.2) is 42.0 Å². The molecule has 0 radical (unpaired) electrons. The number of carbonyl (C=O) groups excluding carboxylic acids is 1. The maximum absolute atomic E-state index is 11.8. The van der Waals surface area contributed by atoms with E-state index >= 15 is 0 Å². The molecule has 0 fully saturated rings. The molecule has 2 rings (SSSR count). The number of allylic oxidation sites excluding steroid dienone is 1. The molecule has 1 unspecified atom stereocenters. The fraction of sp³-hybridized carbons (Fsp3) is 0.357. The van der Waals surface area contributed by atoms with Crippen LogP contribution < -0.4 is 11.2 Å². The lowest BCUT2D eigenvalue weighted by atomic mass is 9.94. The van der Waals surface area contributed by atoms with Crippen molar-refractivity contribution in [3.63, 3.8) is 0 Å². The molecule has 1 aromatic rings. The molecule has 5 heteroatoms. The van der Waals surface area contributed by atoms with Crippen molar-refractivity contribution in [3.8, 4) is 0 Å². The zero-order valence-electron chi connectivity index (χ0n) is 10.6. The summed E-state index contributed by atoms with van der Waals surface area (Å²) in [5.41, 5.74) is 9.33. The second-order valence-electron chi connectivity index (χ2n) is 4.51. The van der Waals surface area contributed by atoms with E-state index in [0.717, 1.165) is 19.3 Å². The Morgan fingerprint density at radius 1 is 1.42 bits per heavy atom. The van der Waals surface area contributed by atoms with Crippen molar-refractivity contribution < 1.29 is 14.7 Å². The molecule has 1 aromatic carbocycles. The van der Waals surface area contributed by atoms with Gasteiger partial charge in [-0.15, -0.1) is 5.48 Å². The Morgan fingerprint density at radius 3 is 2.84 bits per heavy atom. The van der Waals surface area contributed by atoms with E-state index in [-0.39, 0.29) is 6.04 Å². The van der Waals surface area contributed by atoms with Crippen LogP contribution >= 0.6 is 0 Å². The number of hydrogen-bond acceptors (Lipinski definition) is 5. The molecule has 0 aromatic heterocycles. The maximum atomic E-state index is 11.8. The lowest BCUT2D eigenvalue weighted by Crippen LogP contribution is -2.41. The Kier molecular flexibility index (Phi) is 4.68. The van der Waals surface area contributed by atoms with Crippen LogP contribution in [0.5, 0.6) is 0 Å². The van der Waals surface area contributed by atoms with E-state index in [4.69, 9.17) is 10.6 Å². The van der Waals surface area contributed by atoms with E-state index in [1.165, 1.54) is 0 Å². The van der Waals surface area contributed by atoms with E-state index in [1.807, 2.05) is 12.1 Å². The number of benzene rings is 1. The molecule has 0 saturated carbocycles. The van der Waals surface area contributed by atoms with Crippen molar-refractivity contribution in [2.24, 2.45) is 5.73 Å². The summed E-state index contributed by atoms with van der Waals surface area (Å²) in [6, 6.07) is 8.51. The van der Waals surface area contributed by atoms with Gasteiger partial charge in [-0.05, 0) is 37.0 Å². The van der Waals surface area contributed by atoms with Crippen molar-refractivity contribution >= 4 is 5.97 Å². The summed E-state index contributed by atoms with van der Waals surface area (Å²) < 4.78 is 0. The number of hydroxylamine groups is 1. The lowest BCUT2D eigenvalue weighted by molar-refractivity contribution is 0.0149. The first-order valence-corrected chi connectivity index (χ1v) is 6.34. The average Bonchev–Trinajstić information content (AvgIpc) is 2.46. The first-order chi connectivity index (χ1) is 9.18. The lowest BCUT2D eigenvalue weighted by Gasteiger charge is -2.26. The van der Waals surface area contributed by atoms with Crippen molar-refractivity contribution in [1.82, 2.24) is 5.48 Å². The highest BCUT2D eigenvalue weighted by Crippen LogP contribution is 2.19. The Bertz CT molecular complexity index is 457. The molecule has 0 heterocycles. The molecule has 0 spiro atoms. The molecule has 5 nitrogen and oxygen atoms in total. The molecule has 2 atom stereocenters. The highest BCUT2D eigenvalue weighted by atomic mass is 16.7. The van der Waals surface area contributed by atoms with Crippen LogP contribution in [-0.2, 0) is 4.84 Å². The molecule has 1 aliphatic carbocycles. The highest BCUT2D eigenvalue weighted by molar-refractivity contribution is 5.89. The second kappa shape index (κ2) is 6.47. The summed E-state index contributed by atoms with van der Waals surface area (Å²) in [5.74, 6) is -0.447. The van der Waals surface area contributed by atoms with Gasteiger partial charge < -0.3 is 15.7 Å². The van der Waals surface area contributed by atoms with Crippen LogP contribution in [0.4, 0.5) is 0 Å². The van der Waals surface area contributed by atoms with E-state index in [1.54, 1.807) is 24.3 Å². The molecule has 4 N–H and O–H groups in total. The van der Waals surface area contributed by atoms with Crippen LogP contribution in [-0.4, -0.2) is 23.3 Å². The molecule has 102 valence electrons. The van der Waals surface area contributed by atoms with Crippen LogP contribution in [0.25, 0.3) is 0 Å². The maximum Gasteiger partial charge on any atom is 0.356 e. The van der Waals surface area contributed by atoms with Crippen molar-refractivity contribution in [1.29, 1.82) is 0 Å². The minimum absolute atomic E-state index is 0.221. The first kappa shape index (κ1) is 13.7. The third-order valence-corrected chi connectivity index (χ3v) is 3.12. The van der Waals surface area contributed by atoms with Gasteiger partial charge in [-0.2, -0.15) is 0 Å². The number of carbonyl (C=O) groups is 1. The Balaban J connectivity index is 1.93. The van der Waals surface area contributed by atoms with Gasteiger partial charge >= 0.3 is 5.97 Å².